The zero-order chi connectivity index (χ0) is 15.4. The van der Waals surface area contributed by atoms with Crippen LogP contribution in [0.1, 0.15) is 43.9 Å². The molecule has 4 nitrogen and oxygen atoms in total. The van der Waals surface area contributed by atoms with Crippen molar-refractivity contribution in [2.45, 2.75) is 51.9 Å². The van der Waals surface area contributed by atoms with E-state index >= 15 is 0 Å². The molecular weight excluding hydrogens is 266 g/mol. The first kappa shape index (κ1) is 16.0. The number of ether oxygens (including phenoxy) is 1. The summed E-state index contributed by atoms with van der Waals surface area (Å²) in [5.74, 6) is -0.00266. The van der Waals surface area contributed by atoms with Crippen LogP contribution in [0.2, 0.25) is 0 Å². The molecule has 0 aliphatic carbocycles. The van der Waals surface area contributed by atoms with Crippen molar-refractivity contribution in [2.75, 3.05) is 6.54 Å². The smallest absolute Gasteiger partial charge is 0.223 e. The second-order valence-corrected chi connectivity index (χ2v) is 6.10. The lowest BCUT2D eigenvalue weighted by Crippen LogP contribution is -2.40. The number of nitrogens with one attached hydrogen (secondary N) is 1. The summed E-state index contributed by atoms with van der Waals surface area (Å²) in [5, 5.41) is 13.0. The van der Waals surface area contributed by atoms with Crippen LogP contribution in [0.25, 0.3) is 0 Å². The van der Waals surface area contributed by atoms with E-state index in [0.717, 1.165) is 24.0 Å². The number of rotatable bonds is 4. The number of carbonyl (C=O) groups is 1. The van der Waals surface area contributed by atoms with Crippen LogP contribution in [-0.2, 0) is 9.53 Å². The van der Waals surface area contributed by atoms with E-state index in [4.69, 9.17) is 4.74 Å². The highest BCUT2D eigenvalue weighted by Gasteiger charge is 2.29. The van der Waals surface area contributed by atoms with Crippen molar-refractivity contribution in [2.24, 2.45) is 5.92 Å². The molecule has 1 saturated heterocycles. The summed E-state index contributed by atoms with van der Waals surface area (Å²) in [6.45, 7) is 6.25. The van der Waals surface area contributed by atoms with Crippen LogP contribution in [0.5, 0.6) is 0 Å². The number of aliphatic hydroxyl groups excluding tert-OH is 1. The van der Waals surface area contributed by atoms with Crippen LogP contribution < -0.4 is 5.32 Å². The summed E-state index contributed by atoms with van der Waals surface area (Å²) in [7, 11) is 0. The quantitative estimate of drug-likeness (QED) is 0.895. The van der Waals surface area contributed by atoms with E-state index in [9.17, 15) is 9.90 Å². The Labute approximate surface area is 126 Å². The molecule has 1 aromatic carbocycles. The summed E-state index contributed by atoms with van der Waals surface area (Å²) < 4.78 is 5.64. The van der Waals surface area contributed by atoms with E-state index in [-0.39, 0.29) is 30.6 Å². The van der Waals surface area contributed by atoms with Crippen molar-refractivity contribution >= 4 is 5.91 Å². The number of benzene rings is 1. The van der Waals surface area contributed by atoms with Gasteiger partial charge in [-0.15, -0.1) is 0 Å². The minimum Gasteiger partial charge on any atom is -0.387 e. The zero-order valence-corrected chi connectivity index (χ0v) is 13.0. The Hall–Kier alpha value is -1.39. The standard InChI is InChI=1S/C17H25NO3/c1-11-4-6-14(7-5-11)16(19)10-18-17(20)15-8-12(2)21-13(3)9-15/h4-7,12-13,15-16,19H,8-10H2,1-3H3,(H,18,20). The molecular formula is C17H25NO3. The monoisotopic (exact) mass is 291 g/mol. The molecule has 116 valence electrons. The van der Waals surface area contributed by atoms with E-state index in [1.165, 1.54) is 0 Å². The number of hydrogen-bond acceptors (Lipinski definition) is 3. The van der Waals surface area contributed by atoms with E-state index in [1.807, 2.05) is 45.0 Å². The molecule has 21 heavy (non-hydrogen) atoms. The Morgan fingerprint density at radius 2 is 1.86 bits per heavy atom. The third-order valence-electron chi connectivity index (χ3n) is 4.00. The third kappa shape index (κ3) is 4.55. The van der Waals surface area contributed by atoms with Gasteiger partial charge in [-0.1, -0.05) is 29.8 Å². The van der Waals surface area contributed by atoms with Crippen LogP contribution in [0.3, 0.4) is 0 Å². The molecule has 3 unspecified atom stereocenters. The van der Waals surface area contributed by atoms with Crippen molar-refractivity contribution in [3.05, 3.63) is 35.4 Å². The maximum Gasteiger partial charge on any atom is 0.223 e. The normalized spacial score (nSPS) is 27.1. The van der Waals surface area contributed by atoms with Gasteiger partial charge in [0.25, 0.3) is 0 Å². The molecule has 0 saturated carbocycles. The van der Waals surface area contributed by atoms with Gasteiger partial charge in [-0.25, -0.2) is 0 Å². The summed E-state index contributed by atoms with van der Waals surface area (Å²) in [6, 6.07) is 7.71. The molecule has 0 radical (unpaired) electrons. The van der Waals surface area contributed by atoms with Crippen molar-refractivity contribution in [3.8, 4) is 0 Å². The SMILES string of the molecule is Cc1ccc(C(O)CNC(=O)C2CC(C)OC(C)C2)cc1. The summed E-state index contributed by atoms with van der Waals surface area (Å²) in [5.41, 5.74) is 1.98. The Kier molecular flexibility index (Phi) is 5.37. The lowest BCUT2D eigenvalue weighted by Gasteiger charge is -2.31. The number of aryl methyl sites for hydroxylation is 1. The highest BCUT2D eigenvalue weighted by atomic mass is 16.5. The van der Waals surface area contributed by atoms with Gasteiger partial charge in [-0.3, -0.25) is 4.79 Å². The fourth-order valence-electron chi connectivity index (χ4n) is 2.87. The van der Waals surface area contributed by atoms with Gasteiger partial charge in [0.1, 0.15) is 0 Å². The minimum absolute atomic E-state index is 0.0168. The lowest BCUT2D eigenvalue weighted by atomic mass is 9.92. The molecule has 1 aliphatic heterocycles. The Balaban J connectivity index is 1.84. The van der Waals surface area contributed by atoms with E-state index < -0.39 is 6.10 Å². The summed E-state index contributed by atoms with van der Waals surface area (Å²) >= 11 is 0. The molecule has 1 aliphatic rings. The van der Waals surface area contributed by atoms with Crippen LogP contribution >= 0.6 is 0 Å². The zero-order valence-electron chi connectivity index (χ0n) is 13.0. The molecule has 1 fully saturated rings. The fourth-order valence-corrected chi connectivity index (χ4v) is 2.87. The van der Waals surface area contributed by atoms with E-state index in [2.05, 4.69) is 5.32 Å². The molecule has 4 heteroatoms. The maximum absolute atomic E-state index is 12.2. The van der Waals surface area contributed by atoms with Gasteiger partial charge in [-0.2, -0.15) is 0 Å². The average molecular weight is 291 g/mol. The Morgan fingerprint density at radius 3 is 2.43 bits per heavy atom. The first-order valence-corrected chi connectivity index (χ1v) is 7.63. The number of aliphatic hydroxyl groups is 1. The predicted octanol–water partition coefficient (Wildman–Crippen LogP) is 2.35. The van der Waals surface area contributed by atoms with E-state index in [0.29, 0.717) is 0 Å². The summed E-state index contributed by atoms with van der Waals surface area (Å²) in [4.78, 5) is 12.2. The van der Waals surface area contributed by atoms with Gasteiger partial charge in [-0.05, 0) is 39.2 Å². The molecule has 0 bridgehead atoms. The molecule has 2 N–H and O–H groups in total. The largest absolute Gasteiger partial charge is 0.387 e. The molecule has 3 atom stereocenters. The van der Waals surface area contributed by atoms with Gasteiger partial charge in [0.15, 0.2) is 0 Å². The first-order valence-electron chi connectivity index (χ1n) is 7.63. The second kappa shape index (κ2) is 7.05. The average Bonchev–Trinajstić information content (AvgIpc) is 2.44. The molecule has 1 heterocycles. The number of carbonyl (C=O) groups excluding carboxylic acids is 1. The summed E-state index contributed by atoms with van der Waals surface area (Å²) in [6.07, 6.45) is 1.07. The molecule has 1 amide bonds. The van der Waals surface area contributed by atoms with Crippen LogP contribution in [-0.4, -0.2) is 29.8 Å². The van der Waals surface area contributed by atoms with Crippen molar-refractivity contribution in [3.63, 3.8) is 0 Å². The van der Waals surface area contributed by atoms with Gasteiger partial charge in [0.2, 0.25) is 5.91 Å². The van der Waals surface area contributed by atoms with Gasteiger partial charge >= 0.3 is 0 Å². The third-order valence-corrected chi connectivity index (χ3v) is 4.00. The topological polar surface area (TPSA) is 58.6 Å². The molecule has 0 aromatic heterocycles. The van der Waals surface area contributed by atoms with Crippen molar-refractivity contribution < 1.29 is 14.6 Å². The number of hydrogen-bond donors (Lipinski definition) is 2. The lowest BCUT2D eigenvalue weighted by molar-refractivity contribution is -0.133. The van der Waals surface area contributed by atoms with Crippen LogP contribution in [0, 0.1) is 12.8 Å². The van der Waals surface area contributed by atoms with Crippen molar-refractivity contribution in [1.82, 2.24) is 5.32 Å². The van der Waals surface area contributed by atoms with Gasteiger partial charge < -0.3 is 15.2 Å². The predicted molar refractivity (Wildman–Crippen MR) is 81.9 cm³/mol. The fraction of sp³-hybridized carbons (Fsp3) is 0.588. The van der Waals surface area contributed by atoms with Crippen LogP contribution in [0.15, 0.2) is 24.3 Å². The number of amides is 1. The highest BCUT2D eigenvalue weighted by Crippen LogP contribution is 2.25. The molecule has 1 aromatic rings. The van der Waals surface area contributed by atoms with Crippen LogP contribution in [0.4, 0.5) is 0 Å². The molecule has 2 rings (SSSR count). The maximum atomic E-state index is 12.2. The second-order valence-electron chi connectivity index (χ2n) is 6.10. The first-order chi connectivity index (χ1) is 9.95. The minimum atomic E-state index is -0.663. The Bertz CT molecular complexity index is 461. The van der Waals surface area contributed by atoms with Gasteiger partial charge in [0, 0.05) is 12.5 Å². The Morgan fingerprint density at radius 1 is 1.29 bits per heavy atom. The molecule has 0 spiro atoms. The van der Waals surface area contributed by atoms with E-state index in [1.54, 1.807) is 0 Å². The van der Waals surface area contributed by atoms with Gasteiger partial charge in [0.05, 0.1) is 18.3 Å². The highest BCUT2D eigenvalue weighted by molar-refractivity contribution is 5.78. The van der Waals surface area contributed by atoms with Crippen molar-refractivity contribution in [1.29, 1.82) is 0 Å².